The Kier molecular flexibility index (Phi) is 7.20. The second-order valence-electron chi connectivity index (χ2n) is 8.29. The molecule has 0 saturated carbocycles. The molecule has 0 spiro atoms. The van der Waals surface area contributed by atoms with E-state index in [4.69, 9.17) is 10.6 Å². The van der Waals surface area contributed by atoms with Gasteiger partial charge >= 0.3 is 12.1 Å². The fourth-order valence-electron chi connectivity index (χ4n) is 4.38. The van der Waals surface area contributed by atoms with E-state index in [1.165, 1.54) is 31.3 Å². The lowest BCUT2D eigenvalue weighted by Crippen LogP contribution is -2.54. The summed E-state index contributed by atoms with van der Waals surface area (Å²) in [6.45, 7) is 0. The van der Waals surface area contributed by atoms with Gasteiger partial charge in [0.1, 0.15) is 0 Å². The lowest BCUT2D eigenvalue weighted by Gasteiger charge is -2.37. The van der Waals surface area contributed by atoms with Crippen LogP contribution >= 0.6 is 0 Å². The second kappa shape index (κ2) is 10.1. The van der Waals surface area contributed by atoms with Crippen LogP contribution in [-0.2, 0) is 36.8 Å². The van der Waals surface area contributed by atoms with Crippen molar-refractivity contribution >= 4 is 23.0 Å². The molecule has 194 valence electrons. The molecule has 3 aromatic rings. The first kappa shape index (κ1) is 26.5. The third kappa shape index (κ3) is 4.76. The first-order valence-corrected chi connectivity index (χ1v) is 12.1. The highest BCUT2D eigenvalue weighted by Gasteiger charge is 2.62. The van der Waals surface area contributed by atoms with Gasteiger partial charge in [0.25, 0.3) is 5.91 Å². The highest BCUT2D eigenvalue weighted by Crippen LogP contribution is 2.46. The molecular formula is C25H21F3N3O5S-. The summed E-state index contributed by atoms with van der Waals surface area (Å²) in [4.78, 5) is 31.7. The van der Waals surface area contributed by atoms with Crippen LogP contribution in [0, 0.1) is 0 Å². The summed E-state index contributed by atoms with van der Waals surface area (Å²) in [6, 6.07) is 21.1. The maximum absolute atomic E-state index is 13.9. The van der Waals surface area contributed by atoms with E-state index in [0.717, 1.165) is 4.90 Å². The molecule has 37 heavy (non-hydrogen) atoms. The highest BCUT2D eigenvalue weighted by atomic mass is 32.2. The molecule has 3 unspecified atom stereocenters. The molecule has 3 atom stereocenters. The molecule has 1 heterocycles. The zero-order valence-electron chi connectivity index (χ0n) is 19.3. The van der Waals surface area contributed by atoms with Crippen molar-refractivity contribution in [2.45, 2.75) is 23.8 Å². The van der Waals surface area contributed by atoms with Gasteiger partial charge in [0.2, 0.25) is 0 Å². The Morgan fingerprint density at radius 2 is 1.65 bits per heavy atom. The highest BCUT2D eigenvalue weighted by molar-refractivity contribution is 7.78. The minimum atomic E-state index is -5.39. The van der Waals surface area contributed by atoms with Gasteiger partial charge in [-0.15, -0.1) is 0 Å². The summed E-state index contributed by atoms with van der Waals surface area (Å²) in [5.74, 6) is -3.96. The maximum atomic E-state index is 13.9. The van der Waals surface area contributed by atoms with Crippen LogP contribution in [0.5, 0.6) is 0 Å². The van der Waals surface area contributed by atoms with Crippen molar-refractivity contribution in [1.29, 1.82) is 0 Å². The molecule has 8 nitrogen and oxygen atoms in total. The van der Waals surface area contributed by atoms with E-state index in [9.17, 15) is 31.5 Å². The van der Waals surface area contributed by atoms with Crippen LogP contribution in [0.3, 0.4) is 0 Å². The quantitative estimate of drug-likeness (QED) is 0.485. The predicted molar refractivity (Wildman–Crippen MR) is 126 cm³/mol. The number of nitrogens with zero attached hydrogens (tertiary/aromatic N) is 2. The van der Waals surface area contributed by atoms with Crippen molar-refractivity contribution in [1.82, 2.24) is 9.96 Å². The lowest BCUT2D eigenvalue weighted by molar-refractivity contribution is -0.260. The predicted octanol–water partition coefficient (Wildman–Crippen LogP) is 3.01. The molecule has 1 amide bonds. The molecule has 1 fully saturated rings. The normalized spacial score (nSPS) is 21.2. The summed E-state index contributed by atoms with van der Waals surface area (Å²) in [5.41, 5.74) is 5.38. The number of hydrogen-bond donors (Lipinski definition) is 1. The van der Waals surface area contributed by atoms with E-state index in [1.807, 2.05) is 0 Å². The number of carbonyl (C=O) groups excluding carboxylic acids is 2. The van der Waals surface area contributed by atoms with Gasteiger partial charge in [-0.2, -0.15) is 13.2 Å². The number of rotatable bonds is 6. The van der Waals surface area contributed by atoms with Crippen LogP contribution in [0.4, 0.5) is 13.2 Å². The minimum absolute atomic E-state index is 0.00373. The van der Waals surface area contributed by atoms with E-state index in [1.54, 1.807) is 54.6 Å². The van der Waals surface area contributed by atoms with Crippen molar-refractivity contribution in [2.75, 3.05) is 7.05 Å². The van der Waals surface area contributed by atoms with Gasteiger partial charge in [-0.3, -0.25) is 14.7 Å². The van der Waals surface area contributed by atoms with Crippen LogP contribution in [-0.4, -0.2) is 50.1 Å². The van der Waals surface area contributed by atoms with Gasteiger partial charge in [0.15, 0.2) is 11.8 Å². The second-order valence-corrected chi connectivity index (χ2v) is 9.19. The molecule has 12 heteroatoms. The number of hydrogen-bond acceptors (Lipinski definition) is 7. The topological polar surface area (TPSA) is 116 Å². The van der Waals surface area contributed by atoms with Crippen LogP contribution in [0.1, 0.15) is 16.7 Å². The summed E-state index contributed by atoms with van der Waals surface area (Å²) in [7, 11) is 1.25. The summed E-state index contributed by atoms with van der Waals surface area (Å²) in [5, 5.41) is 0.488. The van der Waals surface area contributed by atoms with Gasteiger partial charge in [0.05, 0.1) is 0 Å². The van der Waals surface area contributed by atoms with Gasteiger partial charge in [-0.1, -0.05) is 88.9 Å². The van der Waals surface area contributed by atoms with E-state index in [-0.39, 0.29) is 16.7 Å². The third-order valence-electron chi connectivity index (χ3n) is 6.08. The Morgan fingerprint density at radius 3 is 2.22 bits per heavy atom. The van der Waals surface area contributed by atoms with E-state index in [2.05, 4.69) is 0 Å². The zero-order chi connectivity index (χ0) is 27.0. The molecule has 4 rings (SSSR count). The van der Waals surface area contributed by atoms with E-state index >= 15 is 0 Å². The minimum Gasteiger partial charge on any atom is -0.772 e. The Balaban J connectivity index is 2.07. The smallest absolute Gasteiger partial charge is 0.492 e. The number of nitrogens with two attached hydrogens (primary N) is 1. The number of halogens is 3. The first-order chi connectivity index (χ1) is 17.5. The summed E-state index contributed by atoms with van der Waals surface area (Å²) in [6.07, 6.45) is -7.01. The molecular weight excluding hydrogens is 511 g/mol. The van der Waals surface area contributed by atoms with Crippen LogP contribution < -0.4 is 5.73 Å². The average Bonchev–Trinajstić information content (AvgIpc) is 3.05. The van der Waals surface area contributed by atoms with Crippen LogP contribution in [0.25, 0.3) is 11.1 Å². The van der Waals surface area contributed by atoms with Gasteiger partial charge < -0.3 is 14.3 Å². The lowest BCUT2D eigenvalue weighted by atomic mass is 9.79. The Labute approximate surface area is 212 Å². The van der Waals surface area contributed by atoms with Gasteiger partial charge in [0, 0.05) is 12.8 Å². The Bertz CT molecular complexity index is 1340. The molecule has 1 saturated heterocycles. The monoisotopic (exact) mass is 532 g/mol. The molecule has 0 radical (unpaired) electrons. The van der Waals surface area contributed by atoms with Gasteiger partial charge in [-0.05, 0) is 33.9 Å². The maximum Gasteiger partial charge on any atom is 0.492 e. The van der Waals surface area contributed by atoms with E-state index in [0.29, 0.717) is 16.2 Å². The van der Waals surface area contributed by atoms with Crippen LogP contribution in [0.2, 0.25) is 0 Å². The molecule has 1 aliphatic heterocycles. The molecule has 1 aliphatic rings. The Hall–Kier alpha value is -3.58. The first-order valence-electron chi connectivity index (χ1n) is 10.9. The number of benzene rings is 3. The largest absolute Gasteiger partial charge is 0.772 e. The van der Waals surface area contributed by atoms with Crippen molar-refractivity contribution in [2.24, 2.45) is 5.73 Å². The SMILES string of the molecule is CN1C(=O)C(c2ccccc2)(c2cc(-c3ccccc3)ccc2CS(=O)[O-])N(OC(=O)C(F)(F)F)C1N. The standard InChI is InChI=1S/C25H22F3N3O5S/c1-30-21(32)24(19-10-6-3-7-11-19,31(23(30)29)36-22(33)25(26,27)28)20-14-17(16-8-4-2-5-9-16)12-13-18(20)15-37(34)35/h2-14,23H,15,29H2,1H3,(H,34,35)/p-1. The van der Waals surface area contributed by atoms with Crippen LogP contribution in [0.15, 0.2) is 78.9 Å². The van der Waals surface area contributed by atoms with E-state index < -0.39 is 46.7 Å². The summed E-state index contributed by atoms with van der Waals surface area (Å²) < 4.78 is 63.4. The fraction of sp³-hybridized carbons (Fsp3) is 0.200. The van der Waals surface area contributed by atoms with Crippen molar-refractivity contribution in [3.05, 3.63) is 95.6 Å². The number of alkyl halides is 3. The molecule has 3 aromatic carbocycles. The van der Waals surface area contributed by atoms with Crippen molar-refractivity contribution in [3.8, 4) is 11.1 Å². The fourth-order valence-corrected chi connectivity index (χ4v) is 4.89. The number of likely N-dealkylation sites (N-methyl/N-ethyl adjacent to an activating group) is 1. The molecule has 2 N–H and O–H groups in total. The number of carbonyl (C=O) groups is 2. The van der Waals surface area contributed by atoms with Gasteiger partial charge in [-0.25, -0.2) is 4.79 Å². The van der Waals surface area contributed by atoms with Crippen molar-refractivity contribution in [3.63, 3.8) is 0 Å². The molecule has 0 aliphatic carbocycles. The number of amides is 1. The molecule has 0 aromatic heterocycles. The zero-order valence-corrected chi connectivity index (χ0v) is 20.2. The average molecular weight is 533 g/mol. The Morgan fingerprint density at radius 1 is 1.05 bits per heavy atom. The summed E-state index contributed by atoms with van der Waals surface area (Å²) >= 11 is -2.63. The molecule has 0 bridgehead atoms. The number of hydroxylamine groups is 2. The van der Waals surface area contributed by atoms with Crippen molar-refractivity contribution < 1.29 is 36.4 Å². The third-order valence-corrected chi connectivity index (χ3v) is 6.63.